The highest BCUT2D eigenvalue weighted by Crippen LogP contribution is 2.16. The van der Waals surface area contributed by atoms with Crippen LogP contribution in [0.2, 0.25) is 0 Å². The summed E-state index contributed by atoms with van der Waals surface area (Å²) in [6, 6.07) is 3.44. The number of pyridine rings is 1. The van der Waals surface area contributed by atoms with Gasteiger partial charge in [-0.25, -0.2) is 8.42 Å². The fourth-order valence-corrected chi connectivity index (χ4v) is 3.04. The molecule has 0 aliphatic carbocycles. The van der Waals surface area contributed by atoms with Gasteiger partial charge < -0.3 is 10.0 Å². The molecule has 1 saturated heterocycles. The standard InChI is InChI=1S/C11H14N2O4S/c14-11(15)7-9-1-2-10(8-12-9)13-3-5-18(16,17)6-4-13/h1-2,8H,3-7H2,(H,14,15). The second kappa shape index (κ2) is 4.93. The molecule has 1 aromatic rings. The minimum atomic E-state index is -2.89. The number of carboxylic acid groups (broad SMARTS) is 1. The van der Waals surface area contributed by atoms with Crippen molar-refractivity contribution >= 4 is 21.5 Å². The monoisotopic (exact) mass is 270 g/mol. The highest BCUT2D eigenvalue weighted by Gasteiger charge is 2.21. The molecule has 2 heterocycles. The van der Waals surface area contributed by atoms with Gasteiger partial charge in [0.25, 0.3) is 0 Å². The maximum Gasteiger partial charge on any atom is 0.309 e. The van der Waals surface area contributed by atoms with Gasteiger partial charge in [-0.2, -0.15) is 0 Å². The van der Waals surface area contributed by atoms with Crippen molar-refractivity contribution < 1.29 is 18.3 Å². The van der Waals surface area contributed by atoms with Gasteiger partial charge >= 0.3 is 5.97 Å². The van der Waals surface area contributed by atoms with Crippen LogP contribution < -0.4 is 4.90 Å². The molecule has 1 aliphatic rings. The Balaban J connectivity index is 2.04. The van der Waals surface area contributed by atoms with Gasteiger partial charge in [0.05, 0.1) is 35.5 Å². The Hall–Kier alpha value is -1.63. The Morgan fingerprint density at radius 3 is 2.50 bits per heavy atom. The predicted molar refractivity (Wildman–Crippen MR) is 66.4 cm³/mol. The molecule has 0 amide bonds. The third kappa shape index (κ3) is 3.19. The molecular formula is C11H14N2O4S. The molecule has 98 valence electrons. The molecule has 1 fully saturated rings. The molecule has 0 aromatic carbocycles. The van der Waals surface area contributed by atoms with E-state index in [0.717, 1.165) is 5.69 Å². The first kappa shape index (κ1) is 12.8. The summed E-state index contributed by atoms with van der Waals surface area (Å²) >= 11 is 0. The van der Waals surface area contributed by atoms with Crippen molar-refractivity contribution in [1.82, 2.24) is 4.98 Å². The predicted octanol–water partition coefficient (Wildman–Crippen LogP) is -0.0565. The van der Waals surface area contributed by atoms with Crippen molar-refractivity contribution in [1.29, 1.82) is 0 Å². The number of hydrogen-bond donors (Lipinski definition) is 1. The second-order valence-corrected chi connectivity index (χ2v) is 6.52. The first-order chi connectivity index (χ1) is 8.46. The van der Waals surface area contributed by atoms with Gasteiger partial charge in [0.15, 0.2) is 9.84 Å². The first-order valence-corrected chi connectivity index (χ1v) is 7.40. The van der Waals surface area contributed by atoms with Crippen LogP contribution in [0.3, 0.4) is 0 Å². The topological polar surface area (TPSA) is 87.6 Å². The summed E-state index contributed by atoms with van der Waals surface area (Å²) in [7, 11) is -2.89. The van der Waals surface area contributed by atoms with E-state index in [9.17, 15) is 13.2 Å². The van der Waals surface area contributed by atoms with Crippen LogP contribution >= 0.6 is 0 Å². The minimum absolute atomic E-state index is 0.103. The smallest absolute Gasteiger partial charge is 0.309 e. The van der Waals surface area contributed by atoms with E-state index in [1.54, 1.807) is 18.3 Å². The maximum absolute atomic E-state index is 11.3. The van der Waals surface area contributed by atoms with Gasteiger partial charge in [-0.05, 0) is 12.1 Å². The molecule has 6 nitrogen and oxygen atoms in total. The Bertz CT molecular complexity index is 525. The quantitative estimate of drug-likeness (QED) is 0.828. The lowest BCUT2D eigenvalue weighted by atomic mass is 10.2. The fourth-order valence-electron chi connectivity index (χ4n) is 1.83. The lowest BCUT2D eigenvalue weighted by molar-refractivity contribution is -0.136. The highest BCUT2D eigenvalue weighted by atomic mass is 32.2. The van der Waals surface area contributed by atoms with Crippen LogP contribution in [0.25, 0.3) is 0 Å². The van der Waals surface area contributed by atoms with Crippen LogP contribution in [0.5, 0.6) is 0 Å². The zero-order chi connectivity index (χ0) is 13.2. The molecule has 1 aliphatic heterocycles. The van der Waals surface area contributed by atoms with Gasteiger partial charge in [0.2, 0.25) is 0 Å². The van der Waals surface area contributed by atoms with Gasteiger partial charge in [0.1, 0.15) is 0 Å². The Morgan fingerprint density at radius 1 is 1.33 bits per heavy atom. The van der Waals surface area contributed by atoms with Crippen LogP contribution in [0.4, 0.5) is 5.69 Å². The van der Waals surface area contributed by atoms with Crippen LogP contribution in [0.1, 0.15) is 5.69 Å². The van der Waals surface area contributed by atoms with Crippen LogP contribution in [-0.4, -0.2) is 49.1 Å². The van der Waals surface area contributed by atoms with E-state index in [2.05, 4.69) is 4.98 Å². The zero-order valence-corrected chi connectivity index (χ0v) is 10.6. The molecular weight excluding hydrogens is 256 g/mol. The number of carbonyl (C=O) groups is 1. The van der Waals surface area contributed by atoms with E-state index in [4.69, 9.17) is 5.11 Å². The molecule has 18 heavy (non-hydrogen) atoms. The van der Waals surface area contributed by atoms with E-state index < -0.39 is 15.8 Å². The van der Waals surface area contributed by atoms with E-state index in [1.807, 2.05) is 4.90 Å². The number of aromatic nitrogens is 1. The summed E-state index contributed by atoms with van der Waals surface area (Å²) in [5.74, 6) is -0.604. The molecule has 0 atom stereocenters. The second-order valence-electron chi connectivity index (χ2n) is 4.22. The fraction of sp³-hybridized carbons (Fsp3) is 0.455. The third-order valence-electron chi connectivity index (χ3n) is 2.85. The third-order valence-corrected chi connectivity index (χ3v) is 4.46. The summed E-state index contributed by atoms with van der Waals surface area (Å²) in [4.78, 5) is 16.5. The first-order valence-electron chi connectivity index (χ1n) is 5.58. The van der Waals surface area contributed by atoms with Crippen molar-refractivity contribution in [3.63, 3.8) is 0 Å². The largest absolute Gasteiger partial charge is 0.481 e. The van der Waals surface area contributed by atoms with Crippen LogP contribution in [0.15, 0.2) is 18.3 Å². The number of rotatable bonds is 3. The SMILES string of the molecule is O=C(O)Cc1ccc(N2CCS(=O)(=O)CC2)cn1. The number of anilines is 1. The molecule has 1 aromatic heterocycles. The van der Waals surface area contributed by atoms with E-state index in [1.165, 1.54) is 0 Å². The molecule has 0 saturated carbocycles. The van der Waals surface area contributed by atoms with Gasteiger partial charge in [-0.1, -0.05) is 0 Å². The molecule has 0 unspecified atom stereocenters. The van der Waals surface area contributed by atoms with Crippen molar-refractivity contribution in [2.45, 2.75) is 6.42 Å². The number of carboxylic acids is 1. The molecule has 0 radical (unpaired) electrons. The van der Waals surface area contributed by atoms with Crippen molar-refractivity contribution in [2.75, 3.05) is 29.5 Å². The van der Waals surface area contributed by atoms with Gasteiger partial charge in [-0.3, -0.25) is 9.78 Å². The van der Waals surface area contributed by atoms with E-state index in [0.29, 0.717) is 18.8 Å². The Labute approximate surface area is 105 Å². The summed E-state index contributed by atoms with van der Waals surface area (Å²) in [5, 5.41) is 8.63. The number of hydrogen-bond acceptors (Lipinski definition) is 5. The Kier molecular flexibility index (Phi) is 3.51. The lowest BCUT2D eigenvalue weighted by Crippen LogP contribution is -2.40. The number of nitrogens with zero attached hydrogens (tertiary/aromatic N) is 2. The zero-order valence-electron chi connectivity index (χ0n) is 9.74. The number of aliphatic carboxylic acids is 1. The van der Waals surface area contributed by atoms with E-state index in [-0.39, 0.29) is 17.9 Å². The van der Waals surface area contributed by atoms with E-state index >= 15 is 0 Å². The average molecular weight is 270 g/mol. The molecule has 1 N–H and O–H groups in total. The van der Waals surface area contributed by atoms with Crippen LogP contribution in [0, 0.1) is 0 Å². The summed E-state index contributed by atoms with van der Waals surface area (Å²) in [6.45, 7) is 0.921. The van der Waals surface area contributed by atoms with Crippen molar-refractivity contribution in [3.8, 4) is 0 Å². The molecule has 0 spiro atoms. The molecule has 0 bridgehead atoms. The van der Waals surface area contributed by atoms with Gasteiger partial charge in [0, 0.05) is 13.1 Å². The normalized spacial score (nSPS) is 18.6. The maximum atomic E-state index is 11.3. The molecule has 2 rings (SSSR count). The number of sulfone groups is 1. The van der Waals surface area contributed by atoms with Crippen molar-refractivity contribution in [3.05, 3.63) is 24.0 Å². The Morgan fingerprint density at radius 2 is 2.00 bits per heavy atom. The summed E-state index contributed by atoms with van der Waals surface area (Å²) in [6.07, 6.45) is 1.49. The molecule has 7 heteroatoms. The van der Waals surface area contributed by atoms with Crippen LogP contribution in [-0.2, 0) is 21.1 Å². The summed E-state index contributed by atoms with van der Waals surface area (Å²) in [5.41, 5.74) is 1.33. The average Bonchev–Trinajstić information content (AvgIpc) is 2.30. The van der Waals surface area contributed by atoms with Crippen molar-refractivity contribution in [2.24, 2.45) is 0 Å². The highest BCUT2D eigenvalue weighted by molar-refractivity contribution is 7.91. The minimum Gasteiger partial charge on any atom is -0.481 e. The summed E-state index contributed by atoms with van der Waals surface area (Å²) < 4.78 is 22.6. The van der Waals surface area contributed by atoms with Gasteiger partial charge in [-0.15, -0.1) is 0 Å². The lowest BCUT2D eigenvalue weighted by Gasteiger charge is -2.28.